The smallest absolute Gasteiger partial charge is 0.410 e. The average molecular weight is 332 g/mol. The van der Waals surface area contributed by atoms with Crippen LogP contribution < -0.4 is 5.32 Å². The first-order chi connectivity index (χ1) is 11.2. The number of carbonyl (C=O) groups excluding carboxylic acids is 1. The molecule has 1 aromatic rings. The fourth-order valence-corrected chi connectivity index (χ4v) is 3.13. The first kappa shape index (κ1) is 18.8. The van der Waals surface area contributed by atoms with Crippen LogP contribution in [-0.4, -0.2) is 35.2 Å². The molecular weight excluding hydrogens is 300 g/mol. The second kappa shape index (κ2) is 8.02. The van der Waals surface area contributed by atoms with Crippen LogP contribution in [0.2, 0.25) is 0 Å². The van der Waals surface area contributed by atoms with Crippen molar-refractivity contribution in [1.29, 1.82) is 0 Å². The van der Waals surface area contributed by atoms with E-state index in [9.17, 15) is 4.79 Å². The second-order valence-corrected chi connectivity index (χ2v) is 7.97. The topological polar surface area (TPSA) is 41.6 Å². The van der Waals surface area contributed by atoms with Crippen LogP contribution >= 0.6 is 0 Å². The van der Waals surface area contributed by atoms with Gasteiger partial charge in [-0.15, -0.1) is 0 Å². The van der Waals surface area contributed by atoms with Crippen molar-refractivity contribution in [2.75, 3.05) is 6.54 Å². The van der Waals surface area contributed by atoms with Gasteiger partial charge < -0.3 is 15.0 Å². The number of benzene rings is 1. The molecule has 24 heavy (non-hydrogen) atoms. The van der Waals surface area contributed by atoms with Gasteiger partial charge in [-0.3, -0.25) is 0 Å². The highest BCUT2D eigenvalue weighted by Crippen LogP contribution is 2.24. The van der Waals surface area contributed by atoms with Gasteiger partial charge in [-0.25, -0.2) is 4.79 Å². The third kappa shape index (κ3) is 5.82. The zero-order chi connectivity index (χ0) is 17.7. The SMILES string of the molecule is Cc1ccc(CNC(C)CC2CCCN2C(=O)OC(C)(C)C)cc1. The van der Waals surface area contributed by atoms with Crippen molar-refractivity contribution in [1.82, 2.24) is 10.2 Å². The molecule has 1 heterocycles. The van der Waals surface area contributed by atoms with Gasteiger partial charge in [0.1, 0.15) is 5.60 Å². The third-order valence-electron chi connectivity index (χ3n) is 4.41. The molecule has 1 aliphatic rings. The number of amides is 1. The van der Waals surface area contributed by atoms with Gasteiger partial charge in [0.25, 0.3) is 0 Å². The van der Waals surface area contributed by atoms with E-state index in [0.29, 0.717) is 6.04 Å². The highest BCUT2D eigenvalue weighted by molar-refractivity contribution is 5.68. The Morgan fingerprint density at radius 3 is 2.62 bits per heavy atom. The molecule has 1 aromatic carbocycles. The number of carbonyl (C=O) groups is 1. The molecule has 4 nitrogen and oxygen atoms in total. The molecule has 2 unspecified atom stereocenters. The van der Waals surface area contributed by atoms with E-state index in [1.165, 1.54) is 11.1 Å². The summed E-state index contributed by atoms with van der Waals surface area (Å²) < 4.78 is 5.54. The molecule has 134 valence electrons. The number of hydrogen-bond donors (Lipinski definition) is 1. The molecule has 0 aliphatic carbocycles. The van der Waals surface area contributed by atoms with Crippen LogP contribution in [0.3, 0.4) is 0 Å². The summed E-state index contributed by atoms with van der Waals surface area (Å²) in [6, 6.07) is 9.25. The molecule has 1 saturated heterocycles. The summed E-state index contributed by atoms with van der Waals surface area (Å²) in [5.74, 6) is 0. The Morgan fingerprint density at radius 1 is 1.33 bits per heavy atom. The zero-order valence-electron chi connectivity index (χ0n) is 15.8. The molecule has 2 rings (SSSR count). The van der Waals surface area contributed by atoms with Crippen LogP contribution in [0.1, 0.15) is 58.1 Å². The first-order valence-corrected chi connectivity index (χ1v) is 9.03. The summed E-state index contributed by atoms with van der Waals surface area (Å²) in [4.78, 5) is 14.3. The van der Waals surface area contributed by atoms with Crippen LogP contribution in [-0.2, 0) is 11.3 Å². The maximum Gasteiger partial charge on any atom is 0.410 e. The molecule has 1 N–H and O–H groups in total. The van der Waals surface area contributed by atoms with E-state index in [0.717, 1.165) is 32.4 Å². The number of nitrogens with one attached hydrogen (secondary N) is 1. The molecule has 0 bridgehead atoms. The van der Waals surface area contributed by atoms with Crippen molar-refractivity contribution in [3.63, 3.8) is 0 Å². The van der Waals surface area contributed by atoms with E-state index < -0.39 is 5.60 Å². The standard InChI is InChI=1S/C20H32N2O2/c1-15-8-10-17(11-9-15)14-21-16(2)13-18-7-6-12-22(18)19(23)24-20(3,4)5/h8-11,16,18,21H,6-7,12-14H2,1-5H3. The van der Waals surface area contributed by atoms with Crippen LogP contribution in [0.15, 0.2) is 24.3 Å². The van der Waals surface area contributed by atoms with E-state index >= 15 is 0 Å². The fourth-order valence-electron chi connectivity index (χ4n) is 3.13. The molecule has 0 aromatic heterocycles. The van der Waals surface area contributed by atoms with Gasteiger partial charge in [-0.05, 0) is 59.4 Å². The minimum absolute atomic E-state index is 0.171. The molecule has 1 amide bonds. The number of nitrogens with zero attached hydrogens (tertiary/aromatic N) is 1. The number of aryl methyl sites for hydroxylation is 1. The average Bonchev–Trinajstić information content (AvgIpc) is 2.93. The molecule has 4 heteroatoms. The van der Waals surface area contributed by atoms with Gasteiger partial charge in [-0.1, -0.05) is 29.8 Å². The Morgan fingerprint density at radius 2 is 2.00 bits per heavy atom. The molecule has 0 saturated carbocycles. The highest BCUT2D eigenvalue weighted by atomic mass is 16.6. The predicted octanol–water partition coefficient (Wildman–Crippen LogP) is 4.26. The van der Waals surface area contributed by atoms with Gasteiger partial charge in [0, 0.05) is 25.2 Å². The number of rotatable bonds is 5. The summed E-state index contributed by atoms with van der Waals surface area (Å²) in [7, 11) is 0. The van der Waals surface area contributed by atoms with E-state index in [2.05, 4.69) is 43.4 Å². The Labute approximate surface area is 146 Å². The molecule has 1 fully saturated rings. The van der Waals surface area contributed by atoms with Crippen LogP contribution in [0, 0.1) is 6.92 Å². The Balaban J connectivity index is 1.82. The maximum atomic E-state index is 12.3. The third-order valence-corrected chi connectivity index (χ3v) is 4.41. The molecule has 0 radical (unpaired) electrons. The lowest BCUT2D eigenvalue weighted by Crippen LogP contribution is -2.42. The maximum absolute atomic E-state index is 12.3. The lowest BCUT2D eigenvalue weighted by molar-refractivity contribution is 0.0214. The van der Waals surface area contributed by atoms with Crippen molar-refractivity contribution < 1.29 is 9.53 Å². The summed E-state index contributed by atoms with van der Waals surface area (Å²) in [6.07, 6.45) is 2.92. The van der Waals surface area contributed by atoms with E-state index in [1.54, 1.807) is 0 Å². The predicted molar refractivity (Wildman–Crippen MR) is 98.1 cm³/mol. The van der Waals surface area contributed by atoms with Gasteiger partial charge >= 0.3 is 6.09 Å². The van der Waals surface area contributed by atoms with Crippen molar-refractivity contribution >= 4 is 6.09 Å². The Kier molecular flexibility index (Phi) is 6.27. The fraction of sp³-hybridized carbons (Fsp3) is 0.650. The van der Waals surface area contributed by atoms with Gasteiger partial charge in [-0.2, -0.15) is 0 Å². The lowest BCUT2D eigenvalue weighted by atomic mass is 10.1. The van der Waals surface area contributed by atoms with Crippen LogP contribution in [0.4, 0.5) is 4.79 Å². The second-order valence-electron chi connectivity index (χ2n) is 7.97. The minimum Gasteiger partial charge on any atom is -0.444 e. The monoisotopic (exact) mass is 332 g/mol. The minimum atomic E-state index is -0.431. The van der Waals surface area contributed by atoms with Gasteiger partial charge in [0.2, 0.25) is 0 Å². The van der Waals surface area contributed by atoms with Gasteiger partial charge in [0.05, 0.1) is 0 Å². The number of likely N-dealkylation sites (tertiary alicyclic amines) is 1. The van der Waals surface area contributed by atoms with Crippen molar-refractivity contribution in [2.24, 2.45) is 0 Å². The van der Waals surface area contributed by atoms with Crippen molar-refractivity contribution in [2.45, 2.75) is 78.1 Å². The quantitative estimate of drug-likeness (QED) is 0.876. The molecular formula is C20H32N2O2. The molecule has 0 spiro atoms. The lowest BCUT2D eigenvalue weighted by Gasteiger charge is -2.30. The largest absolute Gasteiger partial charge is 0.444 e. The van der Waals surface area contributed by atoms with E-state index in [-0.39, 0.29) is 12.1 Å². The molecule has 1 aliphatic heterocycles. The summed E-state index contributed by atoms with van der Waals surface area (Å²) in [6.45, 7) is 11.7. The van der Waals surface area contributed by atoms with E-state index in [4.69, 9.17) is 4.74 Å². The summed E-state index contributed by atoms with van der Waals surface area (Å²) >= 11 is 0. The summed E-state index contributed by atoms with van der Waals surface area (Å²) in [5, 5.41) is 3.57. The zero-order valence-corrected chi connectivity index (χ0v) is 15.8. The normalized spacial score (nSPS) is 19.4. The Hall–Kier alpha value is -1.55. The van der Waals surface area contributed by atoms with Gasteiger partial charge in [0.15, 0.2) is 0 Å². The Bertz CT molecular complexity index is 534. The number of ether oxygens (including phenoxy) is 1. The highest BCUT2D eigenvalue weighted by Gasteiger charge is 2.32. The van der Waals surface area contributed by atoms with Crippen LogP contribution in [0.25, 0.3) is 0 Å². The van der Waals surface area contributed by atoms with E-state index in [1.807, 2.05) is 25.7 Å². The first-order valence-electron chi connectivity index (χ1n) is 9.03. The van der Waals surface area contributed by atoms with Crippen molar-refractivity contribution in [3.8, 4) is 0 Å². The summed E-state index contributed by atoms with van der Waals surface area (Å²) in [5.41, 5.74) is 2.15. The number of hydrogen-bond acceptors (Lipinski definition) is 3. The molecule has 2 atom stereocenters. The van der Waals surface area contributed by atoms with Crippen molar-refractivity contribution in [3.05, 3.63) is 35.4 Å². The van der Waals surface area contributed by atoms with Crippen LogP contribution in [0.5, 0.6) is 0 Å².